The molecule has 1 saturated carbocycles. The number of carboxylic acids is 1. The molecule has 3 atom stereocenters. The maximum Gasteiger partial charge on any atom is 0.306 e. The largest absolute Gasteiger partial charge is 0.481 e. The van der Waals surface area contributed by atoms with E-state index in [1.165, 1.54) is 12.1 Å². The number of carbonyl (C=O) groups excluding carboxylic acids is 1. The van der Waals surface area contributed by atoms with Crippen LogP contribution < -0.4 is 0 Å². The third-order valence-electron chi connectivity index (χ3n) is 4.97. The molecule has 6 heteroatoms. The van der Waals surface area contributed by atoms with Crippen molar-refractivity contribution in [2.24, 2.45) is 11.8 Å². The van der Waals surface area contributed by atoms with Crippen LogP contribution in [0.15, 0.2) is 24.3 Å². The summed E-state index contributed by atoms with van der Waals surface area (Å²) in [6.07, 6.45) is 2.23. The molecule has 2 fully saturated rings. The van der Waals surface area contributed by atoms with Crippen LogP contribution in [0.2, 0.25) is 0 Å². The van der Waals surface area contributed by atoms with Gasteiger partial charge in [0.25, 0.3) is 0 Å². The lowest BCUT2D eigenvalue weighted by Gasteiger charge is -2.37. The van der Waals surface area contributed by atoms with Crippen molar-refractivity contribution in [3.8, 4) is 0 Å². The molecule has 1 aliphatic heterocycles. The van der Waals surface area contributed by atoms with Gasteiger partial charge in [0.05, 0.1) is 19.1 Å². The van der Waals surface area contributed by atoms with Gasteiger partial charge in [-0.2, -0.15) is 0 Å². The number of halogens is 1. The fourth-order valence-electron chi connectivity index (χ4n) is 3.65. The summed E-state index contributed by atoms with van der Waals surface area (Å²) in [5, 5.41) is 9.18. The van der Waals surface area contributed by atoms with E-state index in [0.717, 1.165) is 18.4 Å². The van der Waals surface area contributed by atoms with Gasteiger partial charge in [-0.25, -0.2) is 4.39 Å². The lowest BCUT2D eigenvalue weighted by molar-refractivity contribution is -0.148. The predicted molar refractivity (Wildman–Crippen MR) is 84.8 cm³/mol. The van der Waals surface area contributed by atoms with Crippen molar-refractivity contribution in [3.63, 3.8) is 0 Å². The lowest BCUT2D eigenvalue weighted by Crippen LogP contribution is -2.46. The van der Waals surface area contributed by atoms with Crippen molar-refractivity contribution < 1.29 is 23.8 Å². The van der Waals surface area contributed by atoms with Crippen LogP contribution in [0.4, 0.5) is 4.39 Å². The molecule has 24 heavy (non-hydrogen) atoms. The summed E-state index contributed by atoms with van der Waals surface area (Å²) < 4.78 is 19.1. The molecular weight excluding hydrogens is 313 g/mol. The minimum Gasteiger partial charge on any atom is -0.481 e. The minimum atomic E-state index is -0.813. The van der Waals surface area contributed by atoms with Gasteiger partial charge in [-0.15, -0.1) is 0 Å². The highest BCUT2D eigenvalue weighted by atomic mass is 19.1. The van der Waals surface area contributed by atoms with E-state index in [0.29, 0.717) is 32.5 Å². The second-order valence-corrected chi connectivity index (χ2v) is 6.60. The number of aliphatic carboxylic acids is 1. The Labute approximate surface area is 140 Å². The van der Waals surface area contributed by atoms with Crippen molar-refractivity contribution in [1.29, 1.82) is 0 Å². The van der Waals surface area contributed by atoms with E-state index in [2.05, 4.69) is 0 Å². The number of nitrogens with zero attached hydrogens (tertiary/aromatic N) is 1. The van der Waals surface area contributed by atoms with Gasteiger partial charge in [0, 0.05) is 12.5 Å². The van der Waals surface area contributed by atoms with Crippen molar-refractivity contribution >= 4 is 11.9 Å². The van der Waals surface area contributed by atoms with Gasteiger partial charge in [-0.1, -0.05) is 18.6 Å². The third-order valence-corrected chi connectivity index (χ3v) is 4.97. The molecule has 0 bridgehead atoms. The van der Waals surface area contributed by atoms with E-state index in [4.69, 9.17) is 4.74 Å². The van der Waals surface area contributed by atoms with Crippen LogP contribution in [0, 0.1) is 17.7 Å². The molecule has 1 saturated heterocycles. The monoisotopic (exact) mass is 335 g/mol. The molecule has 1 amide bonds. The molecule has 3 unspecified atom stereocenters. The molecule has 1 heterocycles. The molecule has 0 spiro atoms. The summed E-state index contributed by atoms with van der Waals surface area (Å²) in [7, 11) is 0. The van der Waals surface area contributed by atoms with E-state index in [1.807, 2.05) is 0 Å². The van der Waals surface area contributed by atoms with Gasteiger partial charge < -0.3 is 14.7 Å². The number of rotatable bonds is 3. The average Bonchev–Trinajstić information content (AvgIpc) is 2.61. The summed E-state index contributed by atoms with van der Waals surface area (Å²) in [5.41, 5.74) is 0.722. The molecule has 1 N–H and O–H groups in total. The van der Waals surface area contributed by atoms with E-state index in [9.17, 15) is 19.1 Å². The average molecular weight is 335 g/mol. The topological polar surface area (TPSA) is 66.8 Å². The summed E-state index contributed by atoms with van der Waals surface area (Å²) in [6.45, 7) is 1.29. The van der Waals surface area contributed by atoms with Crippen LogP contribution in [0.25, 0.3) is 0 Å². The van der Waals surface area contributed by atoms with Gasteiger partial charge in [0.15, 0.2) is 0 Å². The normalized spacial score (nSPS) is 27.7. The predicted octanol–water partition coefficient (Wildman–Crippen LogP) is 2.62. The summed E-state index contributed by atoms with van der Waals surface area (Å²) in [5.74, 6) is -1.78. The minimum absolute atomic E-state index is 0.00523. The Balaban J connectivity index is 1.65. The Kier molecular flexibility index (Phi) is 5.14. The van der Waals surface area contributed by atoms with Gasteiger partial charge >= 0.3 is 5.97 Å². The molecule has 1 aromatic carbocycles. The van der Waals surface area contributed by atoms with Crippen molar-refractivity contribution in [1.82, 2.24) is 4.90 Å². The van der Waals surface area contributed by atoms with E-state index in [1.54, 1.807) is 17.0 Å². The fraction of sp³-hybridized carbons (Fsp3) is 0.556. The molecule has 130 valence electrons. The number of ether oxygens (including phenoxy) is 1. The molecular formula is C18H22FNO4. The maximum atomic E-state index is 13.4. The highest BCUT2D eigenvalue weighted by molar-refractivity contribution is 5.80. The molecule has 3 rings (SSSR count). The Morgan fingerprint density at radius 1 is 1.25 bits per heavy atom. The second kappa shape index (κ2) is 7.30. The van der Waals surface area contributed by atoms with Crippen LogP contribution in [0.1, 0.15) is 37.4 Å². The highest BCUT2D eigenvalue weighted by Gasteiger charge is 2.35. The Bertz CT molecular complexity index is 621. The summed E-state index contributed by atoms with van der Waals surface area (Å²) >= 11 is 0. The van der Waals surface area contributed by atoms with Crippen molar-refractivity contribution in [2.75, 3.05) is 19.7 Å². The van der Waals surface area contributed by atoms with E-state index >= 15 is 0 Å². The number of carbonyl (C=O) groups is 2. The van der Waals surface area contributed by atoms with Crippen LogP contribution >= 0.6 is 0 Å². The first-order valence-electron chi connectivity index (χ1n) is 8.43. The Hall–Kier alpha value is -1.95. The maximum absolute atomic E-state index is 13.4. The van der Waals surface area contributed by atoms with Gasteiger partial charge in [-0.3, -0.25) is 9.59 Å². The number of hydrogen-bond donors (Lipinski definition) is 1. The third kappa shape index (κ3) is 3.75. The molecule has 5 nitrogen and oxygen atoms in total. The zero-order valence-electron chi connectivity index (χ0n) is 13.5. The van der Waals surface area contributed by atoms with Crippen molar-refractivity contribution in [2.45, 2.75) is 31.8 Å². The number of benzene rings is 1. The highest BCUT2D eigenvalue weighted by Crippen LogP contribution is 2.32. The fourth-order valence-corrected chi connectivity index (χ4v) is 3.65. The molecule has 0 aromatic heterocycles. The standard InChI is InChI=1S/C18H22FNO4/c19-15-6-2-3-12(10-15)16-11-20(7-8-24-16)17(21)13-4-1-5-14(9-13)18(22)23/h2-3,6,10,13-14,16H,1,4-5,7-9,11H2,(H,22,23). The lowest BCUT2D eigenvalue weighted by atomic mass is 9.80. The molecule has 1 aromatic rings. The van der Waals surface area contributed by atoms with E-state index < -0.39 is 11.9 Å². The van der Waals surface area contributed by atoms with E-state index in [-0.39, 0.29) is 23.7 Å². The SMILES string of the molecule is O=C(O)C1CCCC(C(=O)N2CCOC(c3cccc(F)c3)C2)C1. The van der Waals surface area contributed by atoms with Gasteiger partial charge in [-0.05, 0) is 37.0 Å². The Morgan fingerprint density at radius 3 is 2.79 bits per heavy atom. The molecule has 2 aliphatic rings. The zero-order valence-corrected chi connectivity index (χ0v) is 13.5. The summed E-state index contributed by atoms with van der Waals surface area (Å²) in [6, 6.07) is 6.24. The first-order valence-corrected chi connectivity index (χ1v) is 8.43. The van der Waals surface area contributed by atoms with Crippen LogP contribution in [0.3, 0.4) is 0 Å². The number of hydrogen-bond acceptors (Lipinski definition) is 3. The first kappa shape index (κ1) is 16.9. The zero-order chi connectivity index (χ0) is 17.1. The summed E-state index contributed by atoms with van der Waals surface area (Å²) in [4.78, 5) is 25.7. The first-order chi connectivity index (χ1) is 11.5. The Morgan fingerprint density at radius 2 is 2.04 bits per heavy atom. The quantitative estimate of drug-likeness (QED) is 0.922. The molecule has 1 aliphatic carbocycles. The number of carboxylic acid groups (broad SMARTS) is 1. The van der Waals surface area contributed by atoms with Crippen molar-refractivity contribution in [3.05, 3.63) is 35.6 Å². The smallest absolute Gasteiger partial charge is 0.306 e. The molecule has 0 radical (unpaired) electrons. The van der Waals surface area contributed by atoms with Gasteiger partial charge in [0.1, 0.15) is 11.9 Å². The number of morpholine rings is 1. The van der Waals surface area contributed by atoms with Crippen LogP contribution in [-0.4, -0.2) is 41.6 Å². The van der Waals surface area contributed by atoms with Crippen LogP contribution in [0.5, 0.6) is 0 Å². The number of amides is 1. The second-order valence-electron chi connectivity index (χ2n) is 6.60. The van der Waals surface area contributed by atoms with Gasteiger partial charge in [0.2, 0.25) is 5.91 Å². The van der Waals surface area contributed by atoms with Crippen LogP contribution in [-0.2, 0) is 14.3 Å².